The van der Waals surface area contributed by atoms with Crippen molar-refractivity contribution in [2.45, 2.75) is 51.7 Å². The van der Waals surface area contributed by atoms with E-state index in [1.54, 1.807) is 30.3 Å². The van der Waals surface area contributed by atoms with E-state index in [0.29, 0.717) is 28.4 Å². The lowest BCUT2D eigenvalue weighted by Gasteiger charge is -2.17. The van der Waals surface area contributed by atoms with Crippen molar-refractivity contribution < 1.29 is 19.0 Å². The molecule has 0 saturated heterocycles. The van der Waals surface area contributed by atoms with Crippen LogP contribution in [-0.4, -0.2) is 17.6 Å². The number of carboxylic acid groups (broad SMARTS) is 1. The van der Waals surface area contributed by atoms with Gasteiger partial charge in [0.25, 0.3) is 0 Å². The minimum atomic E-state index is -0.911. The largest absolute Gasteiger partial charge is 0.489 e. The number of carbonyl (C=O) groups is 1. The van der Waals surface area contributed by atoms with Crippen LogP contribution in [0.4, 0.5) is 10.1 Å². The number of para-hydroxylation sites is 1. The minimum Gasteiger partial charge on any atom is -0.489 e. The second kappa shape index (κ2) is 11.4. The van der Waals surface area contributed by atoms with Crippen molar-refractivity contribution in [1.82, 2.24) is 0 Å². The molecule has 0 spiro atoms. The number of halogens is 1. The molecule has 5 nitrogen and oxygen atoms in total. The Bertz CT molecular complexity index is 1180. The summed E-state index contributed by atoms with van der Waals surface area (Å²) in [5.74, 6) is 0.0255. The zero-order chi connectivity index (χ0) is 24.8. The number of ether oxygens (including phenoxy) is 1. The summed E-state index contributed by atoms with van der Waals surface area (Å²) < 4.78 is 21.6. The Labute approximate surface area is 206 Å². The molecule has 4 rings (SSSR count). The van der Waals surface area contributed by atoms with Crippen LogP contribution in [0.1, 0.15) is 55.3 Å². The molecule has 0 radical (unpaired) electrons. The molecule has 0 aliphatic heterocycles. The van der Waals surface area contributed by atoms with Crippen molar-refractivity contribution in [3.63, 3.8) is 0 Å². The zero-order valence-electron chi connectivity index (χ0n) is 20.1. The van der Waals surface area contributed by atoms with E-state index in [9.17, 15) is 9.90 Å². The van der Waals surface area contributed by atoms with Gasteiger partial charge in [0.2, 0.25) is 0 Å². The molecular formula is C29H33FN2O3. The van der Waals surface area contributed by atoms with Crippen LogP contribution in [0, 0.1) is 11.7 Å². The molecule has 1 saturated carbocycles. The number of anilines is 1. The molecule has 6 heteroatoms. The van der Waals surface area contributed by atoms with E-state index in [2.05, 4.69) is 5.32 Å². The van der Waals surface area contributed by atoms with Crippen molar-refractivity contribution in [1.29, 1.82) is 0 Å². The van der Waals surface area contributed by atoms with E-state index in [1.807, 2.05) is 37.3 Å². The van der Waals surface area contributed by atoms with Crippen LogP contribution in [-0.2, 0) is 17.8 Å². The molecular weight excluding hydrogens is 443 g/mol. The molecule has 4 N–H and O–H groups in total. The van der Waals surface area contributed by atoms with Gasteiger partial charge in [0, 0.05) is 35.0 Å². The highest BCUT2D eigenvalue weighted by atomic mass is 19.1. The molecule has 0 heterocycles. The molecule has 0 bridgehead atoms. The number of hydrogen-bond donors (Lipinski definition) is 3. The molecule has 0 amide bonds. The number of nitrogens with one attached hydrogen (secondary N) is 1. The van der Waals surface area contributed by atoms with Crippen LogP contribution in [0.3, 0.4) is 0 Å². The summed E-state index contributed by atoms with van der Waals surface area (Å²) in [7, 11) is 0. The van der Waals surface area contributed by atoms with E-state index in [0.717, 1.165) is 36.2 Å². The van der Waals surface area contributed by atoms with Gasteiger partial charge in [-0.3, -0.25) is 4.79 Å². The average Bonchev–Trinajstić information content (AvgIpc) is 3.67. The number of aliphatic carboxylic acids is 1. The smallest absolute Gasteiger partial charge is 0.307 e. The van der Waals surface area contributed by atoms with Crippen molar-refractivity contribution >= 4 is 11.7 Å². The summed E-state index contributed by atoms with van der Waals surface area (Å²) in [5, 5.41) is 12.7. The Morgan fingerprint density at radius 1 is 1.17 bits per heavy atom. The molecule has 1 aliphatic rings. The highest BCUT2D eigenvalue weighted by Crippen LogP contribution is 2.33. The maximum Gasteiger partial charge on any atom is 0.307 e. The quantitative estimate of drug-likeness (QED) is 0.285. The van der Waals surface area contributed by atoms with Crippen LogP contribution in [0.25, 0.3) is 11.1 Å². The van der Waals surface area contributed by atoms with E-state index in [-0.39, 0.29) is 24.9 Å². The Hall–Kier alpha value is -3.38. The van der Waals surface area contributed by atoms with Crippen molar-refractivity contribution in [3.8, 4) is 16.9 Å². The van der Waals surface area contributed by atoms with Gasteiger partial charge in [-0.2, -0.15) is 0 Å². The molecule has 3 aromatic rings. The number of rotatable bonds is 12. The SMILES string of the molecule is CCC[C@@H](N)c1cccc(-c2cc(COc3ccccc3CC(=O)O)cc(NCC3CC3)c2)c1F. The first-order chi connectivity index (χ1) is 16.9. The molecule has 1 fully saturated rings. The van der Waals surface area contributed by atoms with Gasteiger partial charge >= 0.3 is 5.97 Å². The van der Waals surface area contributed by atoms with Gasteiger partial charge in [0.1, 0.15) is 18.2 Å². The van der Waals surface area contributed by atoms with Gasteiger partial charge in [-0.1, -0.05) is 49.7 Å². The fourth-order valence-corrected chi connectivity index (χ4v) is 4.26. The number of hydrogen-bond acceptors (Lipinski definition) is 4. The average molecular weight is 477 g/mol. The predicted molar refractivity (Wildman–Crippen MR) is 137 cm³/mol. The fourth-order valence-electron chi connectivity index (χ4n) is 4.26. The molecule has 35 heavy (non-hydrogen) atoms. The molecule has 3 aromatic carbocycles. The van der Waals surface area contributed by atoms with Crippen molar-refractivity contribution in [2.75, 3.05) is 11.9 Å². The van der Waals surface area contributed by atoms with Gasteiger partial charge in [0.05, 0.1) is 6.42 Å². The summed E-state index contributed by atoms with van der Waals surface area (Å²) in [6.07, 6.45) is 3.96. The molecule has 0 aromatic heterocycles. The van der Waals surface area contributed by atoms with E-state index < -0.39 is 5.97 Å². The normalized spacial score (nSPS) is 13.9. The summed E-state index contributed by atoms with van der Waals surface area (Å²) in [6.45, 7) is 3.16. The van der Waals surface area contributed by atoms with Crippen LogP contribution < -0.4 is 15.8 Å². The Morgan fingerprint density at radius 3 is 2.71 bits per heavy atom. The maximum atomic E-state index is 15.6. The Balaban J connectivity index is 1.63. The molecule has 1 aliphatic carbocycles. The zero-order valence-corrected chi connectivity index (χ0v) is 20.1. The van der Waals surface area contributed by atoms with Crippen LogP contribution in [0.5, 0.6) is 5.75 Å². The van der Waals surface area contributed by atoms with E-state index in [4.69, 9.17) is 10.5 Å². The summed E-state index contributed by atoms with van der Waals surface area (Å²) in [5.41, 5.74) is 10.4. The van der Waals surface area contributed by atoms with Crippen molar-refractivity contribution in [3.05, 3.63) is 83.2 Å². The minimum absolute atomic E-state index is 0.111. The number of benzene rings is 3. The standard InChI is InChI=1S/C29H33FN2O3/c1-2-6-26(31)25-9-5-8-24(29(25)30)22-13-20(14-23(15-22)32-17-19-11-12-19)18-35-27-10-4-3-7-21(27)16-28(33)34/h3-5,7-10,13-15,19,26,32H,2,6,11-12,16-18,31H2,1H3,(H,33,34)/t26-/m1/s1. The highest BCUT2D eigenvalue weighted by Gasteiger charge is 2.21. The third-order valence-corrected chi connectivity index (χ3v) is 6.33. The Kier molecular flexibility index (Phi) is 8.03. The molecule has 0 unspecified atom stereocenters. The highest BCUT2D eigenvalue weighted by molar-refractivity contribution is 5.72. The third-order valence-electron chi connectivity index (χ3n) is 6.33. The second-order valence-electron chi connectivity index (χ2n) is 9.31. The van der Waals surface area contributed by atoms with Crippen molar-refractivity contribution in [2.24, 2.45) is 11.7 Å². The summed E-state index contributed by atoms with van der Waals surface area (Å²) in [4.78, 5) is 11.2. The lowest BCUT2D eigenvalue weighted by Crippen LogP contribution is -2.12. The van der Waals surface area contributed by atoms with Crippen LogP contribution >= 0.6 is 0 Å². The van der Waals surface area contributed by atoms with Gasteiger partial charge in [-0.15, -0.1) is 0 Å². The fraction of sp³-hybridized carbons (Fsp3) is 0.345. The first-order valence-corrected chi connectivity index (χ1v) is 12.3. The monoisotopic (exact) mass is 476 g/mol. The van der Waals surface area contributed by atoms with Gasteiger partial charge in [0.15, 0.2) is 0 Å². The number of nitrogens with two attached hydrogens (primary N) is 1. The number of carboxylic acids is 1. The second-order valence-corrected chi connectivity index (χ2v) is 9.31. The lowest BCUT2D eigenvalue weighted by atomic mass is 9.95. The molecule has 1 atom stereocenters. The van der Waals surface area contributed by atoms with Crippen LogP contribution in [0.15, 0.2) is 60.7 Å². The van der Waals surface area contributed by atoms with E-state index >= 15 is 4.39 Å². The molecule has 184 valence electrons. The van der Waals surface area contributed by atoms with Gasteiger partial charge < -0.3 is 20.9 Å². The Morgan fingerprint density at radius 2 is 1.97 bits per heavy atom. The van der Waals surface area contributed by atoms with Gasteiger partial charge in [-0.25, -0.2) is 4.39 Å². The third kappa shape index (κ3) is 6.61. The lowest BCUT2D eigenvalue weighted by molar-refractivity contribution is -0.136. The maximum absolute atomic E-state index is 15.6. The summed E-state index contributed by atoms with van der Waals surface area (Å²) >= 11 is 0. The summed E-state index contributed by atoms with van der Waals surface area (Å²) in [6, 6.07) is 18.1. The first kappa shape index (κ1) is 24.7. The van der Waals surface area contributed by atoms with Crippen LogP contribution in [0.2, 0.25) is 0 Å². The first-order valence-electron chi connectivity index (χ1n) is 12.3. The van der Waals surface area contributed by atoms with Gasteiger partial charge in [-0.05, 0) is 60.6 Å². The van der Waals surface area contributed by atoms with E-state index in [1.165, 1.54) is 12.8 Å². The predicted octanol–water partition coefficient (Wildman–Crippen LogP) is 6.32. The topological polar surface area (TPSA) is 84.6 Å².